The third-order valence-corrected chi connectivity index (χ3v) is 5.95. The van der Waals surface area contributed by atoms with E-state index in [4.69, 9.17) is 4.99 Å². The molecule has 1 heterocycles. The number of fused-ring (bicyclic) bond motifs is 1. The van der Waals surface area contributed by atoms with Gasteiger partial charge >= 0.3 is 0 Å². The van der Waals surface area contributed by atoms with Gasteiger partial charge in [0.05, 0.1) is 23.3 Å². The van der Waals surface area contributed by atoms with E-state index in [9.17, 15) is 15.3 Å². The third-order valence-electron chi connectivity index (χ3n) is 5.95. The summed E-state index contributed by atoms with van der Waals surface area (Å²) in [5.74, 6) is -0.207. The van der Waals surface area contributed by atoms with Crippen LogP contribution in [0, 0.1) is 22.7 Å². The molecule has 0 saturated carbocycles. The number of nitrogens with zero attached hydrogens (tertiary/aromatic N) is 3. The maximum absolute atomic E-state index is 13.6. The van der Waals surface area contributed by atoms with Crippen LogP contribution < -0.4 is 0 Å². The fourth-order valence-corrected chi connectivity index (χ4v) is 4.38. The SMILES string of the molecule is N#Cc1ccc(C2=NC(c3ccccc3)(c3ccccc3)c3cc(C#N)ccc3C2=O)cc1. The summed E-state index contributed by atoms with van der Waals surface area (Å²) in [5, 5.41) is 18.8. The zero-order chi connectivity index (χ0) is 22.8. The van der Waals surface area contributed by atoms with Gasteiger partial charge < -0.3 is 0 Å². The Labute approximate surface area is 191 Å². The normalized spacial score (nSPS) is 13.9. The quantitative estimate of drug-likeness (QED) is 0.442. The average molecular weight is 423 g/mol. The lowest BCUT2D eigenvalue weighted by Crippen LogP contribution is -2.37. The second kappa shape index (κ2) is 8.04. The van der Waals surface area contributed by atoms with Crippen molar-refractivity contribution in [2.75, 3.05) is 0 Å². The minimum atomic E-state index is -1.01. The molecule has 0 radical (unpaired) electrons. The highest BCUT2D eigenvalue weighted by Gasteiger charge is 2.44. The van der Waals surface area contributed by atoms with Gasteiger partial charge in [-0.25, -0.2) is 0 Å². The second-order valence-electron chi connectivity index (χ2n) is 7.79. The van der Waals surface area contributed by atoms with E-state index in [0.717, 1.165) is 11.1 Å². The van der Waals surface area contributed by atoms with E-state index in [0.29, 0.717) is 33.5 Å². The molecule has 0 N–H and O–H groups in total. The molecule has 0 aromatic heterocycles. The molecule has 154 valence electrons. The van der Waals surface area contributed by atoms with Crippen LogP contribution in [0.15, 0.2) is 108 Å². The molecule has 0 spiro atoms. The summed E-state index contributed by atoms with van der Waals surface area (Å²) in [6.45, 7) is 0. The van der Waals surface area contributed by atoms with Crippen LogP contribution in [0.25, 0.3) is 0 Å². The van der Waals surface area contributed by atoms with Gasteiger partial charge in [0.15, 0.2) is 0 Å². The van der Waals surface area contributed by atoms with Crippen LogP contribution >= 0.6 is 0 Å². The molecule has 4 aromatic rings. The maximum atomic E-state index is 13.6. The van der Waals surface area contributed by atoms with Crippen LogP contribution in [0.5, 0.6) is 0 Å². The highest BCUT2D eigenvalue weighted by atomic mass is 16.1. The molecule has 33 heavy (non-hydrogen) atoms. The largest absolute Gasteiger partial charge is 0.287 e. The van der Waals surface area contributed by atoms with E-state index in [2.05, 4.69) is 12.1 Å². The van der Waals surface area contributed by atoms with Crippen molar-refractivity contribution in [3.05, 3.63) is 142 Å². The van der Waals surface area contributed by atoms with Crippen LogP contribution in [-0.4, -0.2) is 11.5 Å². The topological polar surface area (TPSA) is 77.0 Å². The summed E-state index contributed by atoms with van der Waals surface area (Å²) in [4.78, 5) is 18.8. The number of nitriles is 2. The Bertz CT molecular complexity index is 1430. The van der Waals surface area contributed by atoms with Crippen molar-refractivity contribution in [3.8, 4) is 12.1 Å². The molecule has 4 heteroatoms. The molecular formula is C29H17N3O. The lowest BCUT2D eigenvalue weighted by Gasteiger charge is -2.37. The van der Waals surface area contributed by atoms with Crippen molar-refractivity contribution in [1.29, 1.82) is 10.5 Å². The number of aliphatic imine (C=N–C) groups is 1. The fourth-order valence-electron chi connectivity index (χ4n) is 4.38. The highest BCUT2D eigenvalue weighted by Crippen LogP contribution is 2.45. The number of carbonyl (C=O) groups excluding carboxylic acids is 1. The first-order valence-corrected chi connectivity index (χ1v) is 10.5. The van der Waals surface area contributed by atoms with Gasteiger partial charge in [0, 0.05) is 16.7 Å². The van der Waals surface area contributed by atoms with Gasteiger partial charge in [-0.2, -0.15) is 10.5 Å². The van der Waals surface area contributed by atoms with Gasteiger partial charge in [0.2, 0.25) is 5.78 Å². The zero-order valence-corrected chi connectivity index (χ0v) is 17.6. The van der Waals surface area contributed by atoms with E-state index >= 15 is 0 Å². The molecule has 0 bridgehead atoms. The maximum Gasteiger partial charge on any atom is 0.211 e. The number of hydrogen-bond acceptors (Lipinski definition) is 4. The molecule has 0 aliphatic carbocycles. The van der Waals surface area contributed by atoms with Crippen molar-refractivity contribution in [2.24, 2.45) is 4.99 Å². The Morgan fingerprint density at radius 1 is 0.667 bits per heavy atom. The summed E-state index contributed by atoms with van der Waals surface area (Å²) in [6, 6.07) is 36.0. The Morgan fingerprint density at radius 3 is 1.76 bits per heavy atom. The van der Waals surface area contributed by atoms with E-state index < -0.39 is 5.54 Å². The van der Waals surface area contributed by atoms with Crippen molar-refractivity contribution in [1.82, 2.24) is 0 Å². The summed E-state index contributed by atoms with van der Waals surface area (Å²) in [7, 11) is 0. The van der Waals surface area contributed by atoms with Crippen LogP contribution in [0.2, 0.25) is 0 Å². The molecular weight excluding hydrogens is 406 g/mol. The van der Waals surface area contributed by atoms with Gasteiger partial charge in [-0.1, -0.05) is 72.8 Å². The average Bonchev–Trinajstić information content (AvgIpc) is 2.90. The number of benzene rings is 4. The Morgan fingerprint density at radius 2 is 1.21 bits per heavy atom. The number of ketones is 1. The van der Waals surface area contributed by atoms with Crippen LogP contribution in [0.1, 0.15) is 43.7 Å². The number of carbonyl (C=O) groups is 1. The Kier molecular flexibility index (Phi) is 4.90. The highest BCUT2D eigenvalue weighted by molar-refractivity contribution is 6.52. The predicted molar refractivity (Wildman–Crippen MR) is 126 cm³/mol. The molecule has 0 saturated heterocycles. The minimum absolute atomic E-state index is 0.207. The molecule has 0 amide bonds. The zero-order valence-electron chi connectivity index (χ0n) is 17.6. The molecule has 4 aromatic carbocycles. The first-order chi connectivity index (χ1) is 16.2. The van der Waals surface area contributed by atoms with E-state index in [1.807, 2.05) is 60.7 Å². The van der Waals surface area contributed by atoms with Crippen LogP contribution in [0.4, 0.5) is 0 Å². The van der Waals surface area contributed by atoms with E-state index in [1.54, 1.807) is 42.5 Å². The third kappa shape index (κ3) is 3.22. The first-order valence-electron chi connectivity index (χ1n) is 10.5. The summed E-state index contributed by atoms with van der Waals surface area (Å²) >= 11 is 0. The van der Waals surface area contributed by atoms with Crippen molar-refractivity contribution in [3.63, 3.8) is 0 Å². The molecule has 1 aliphatic rings. The fraction of sp³-hybridized carbons (Fsp3) is 0.0345. The van der Waals surface area contributed by atoms with Crippen molar-refractivity contribution < 1.29 is 4.79 Å². The molecule has 4 nitrogen and oxygen atoms in total. The monoisotopic (exact) mass is 423 g/mol. The van der Waals surface area contributed by atoms with E-state index in [-0.39, 0.29) is 5.78 Å². The molecule has 5 rings (SSSR count). The van der Waals surface area contributed by atoms with Crippen molar-refractivity contribution in [2.45, 2.75) is 5.54 Å². The Hall–Kier alpha value is -4.80. The van der Waals surface area contributed by atoms with Crippen LogP contribution in [0.3, 0.4) is 0 Å². The number of rotatable bonds is 3. The lowest BCUT2D eigenvalue weighted by molar-refractivity contribution is 0.106. The van der Waals surface area contributed by atoms with Gasteiger partial charge in [-0.05, 0) is 41.5 Å². The molecule has 0 fully saturated rings. The number of Topliss-reactive ketones (excluding diaryl/α,β-unsaturated/α-hetero) is 1. The van der Waals surface area contributed by atoms with Gasteiger partial charge in [0.1, 0.15) is 11.3 Å². The van der Waals surface area contributed by atoms with Gasteiger partial charge in [-0.15, -0.1) is 0 Å². The summed E-state index contributed by atoms with van der Waals surface area (Å²) < 4.78 is 0. The predicted octanol–water partition coefficient (Wildman–Crippen LogP) is 5.41. The standard InChI is InChI=1S/C29H17N3O/c30-18-20-11-14-22(15-12-20)27-28(33)25-16-13-21(19-31)17-26(25)29(32-27,23-7-3-1-4-8-23)24-9-5-2-6-10-24/h1-17H. The summed E-state index contributed by atoms with van der Waals surface area (Å²) in [6.07, 6.45) is 0. The summed E-state index contributed by atoms with van der Waals surface area (Å²) in [5.41, 5.74) is 3.92. The minimum Gasteiger partial charge on any atom is -0.287 e. The Balaban J connectivity index is 1.90. The molecule has 0 unspecified atom stereocenters. The second-order valence-corrected chi connectivity index (χ2v) is 7.79. The van der Waals surface area contributed by atoms with Gasteiger partial charge in [-0.3, -0.25) is 9.79 Å². The van der Waals surface area contributed by atoms with Gasteiger partial charge in [0.25, 0.3) is 0 Å². The van der Waals surface area contributed by atoms with Crippen molar-refractivity contribution >= 4 is 11.5 Å². The smallest absolute Gasteiger partial charge is 0.211 e. The number of hydrogen-bond donors (Lipinski definition) is 0. The van der Waals surface area contributed by atoms with E-state index in [1.165, 1.54) is 0 Å². The molecule has 1 aliphatic heterocycles. The lowest BCUT2D eigenvalue weighted by atomic mass is 9.72. The molecule has 0 atom stereocenters. The first kappa shape index (κ1) is 20.1. The van der Waals surface area contributed by atoms with Crippen LogP contribution in [-0.2, 0) is 5.54 Å².